The molecule has 1 saturated carbocycles. The Morgan fingerprint density at radius 1 is 1.53 bits per heavy atom. The van der Waals surface area contributed by atoms with E-state index < -0.39 is 0 Å². The van der Waals surface area contributed by atoms with Gasteiger partial charge in [-0.2, -0.15) is 11.8 Å². The van der Waals surface area contributed by atoms with Gasteiger partial charge in [0.05, 0.1) is 15.6 Å². The van der Waals surface area contributed by atoms with Gasteiger partial charge in [-0.3, -0.25) is 4.79 Å². The lowest BCUT2D eigenvalue weighted by atomic mass is 10.2. The van der Waals surface area contributed by atoms with Crippen LogP contribution in [0.4, 0.5) is 10.7 Å². The summed E-state index contributed by atoms with van der Waals surface area (Å²) in [6.45, 7) is 4.39. The van der Waals surface area contributed by atoms with E-state index in [0.29, 0.717) is 10.9 Å². The molecule has 104 valence electrons. The average molecular weight is 296 g/mol. The highest BCUT2D eigenvalue weighted by Crippen LogP contribution is 2.40. The Balaban J connectivity index is 1.77. The second kappa shape index (κ2) is 5.37. The molecule has 1 aromatic rings. The van der Waals surface area contributed by atoms with Crippen LogP contribution in [0.15, 0.2) is 6.07 Å². The fourth-order valence-corrected chi connectivity index (χ4v) is 4.75. The third-order valence-electron chi connectivity index (χ3n) is 3.83. The molecule has 1 atom stereocenters. The Bertz CT molecular complexity index is 482. The number of carbonyl (C=O) groups is 1. The second-order valence-corrected chi connectivity index (χ2v) is 7.79. The van der Waals surface area contributed by atoms with Crippen LogP contribution < -0.4 is 10.6 Å². The number of anilines is 2. The van der Waals surface area contributed by atoms with Crippen LogP contribution in [0.5, 0.6) is 0 Å². The number of Topliss-reactive ketones (excluding diaryl/α,β-unsaturated/α-hetero) is 1. The van der Waals surface area contributed by atoms with Gasteiger partial charge < -0.3 is 10.6 Å². The number of nitrogen functional groups attached to an aromatic ring is 1. The number of hydrogen-bond acceptors (Lipinski definition) is 5. The molecule has 0 aromatic carbocycles. The number of nitrogens with two attached hydrogens (primary N) is 1. The number of thioether (sulfide) groups is 1. The van der Waals surface area contributed by atoms with Crippen LogP contribution in [0.3, 0.4) is 0 Å². The van der Waals surface area contributed by atoms with Gasteiger partial charge in [-0.05, 0) is 25.3 Å². The third kappa shape index (κ3) is 2.77. The Morgan fingerprint density at radius 3 is 3.00 bits per heavy atom. The van der Waals surface area contributed by atoms with Gasteiger partial charge in [0.25, 0.3) is 0 Å². The van der Waals surface area contributed by atoms with E-state index in [1.807, 2.05) is 6.07 Å². The summed E-state index contributed by atoms with van der Waals surface area (Å²) in [4.78, 5) is 15.3. The molecular formula is C14H20N2OS2. The maximum atomic E-state index is 12.2. The van der Waals surface area contributed by atoms with Crippen molar-refractivity contribution in [3.05, 3.63) is 10.9 Å². The topological polar surface area (TPSA) is 46.3 Å². The molecule has 2 aliphatic rings. The van der Waals surface area contributed by atoms with E-state index in [1.165, 1.54) is 17.2 Å². The Labute approximate surface area is 122 Å². The largest absolute Gasteiger partial charge is 0.397 e. The van der Waals surface area contributed by atoms with Crippen LogP contribution >= 0.6 is 23.1 Å². The van der Waals surface area contributed by atoms with Crippen molar-refractivity contribution in [3.63, 3.8) is 0 Å². The van der Waals surface area contributed by atoms with Crippen LogP contribution in [0.2, 0.25) is 0 Å². The van der Waals surface area contributed by atoms with Crippen molar-refractivity contribution < 1.29 is 4.79 Å². The Kier molecular flexibility index (Phi) is 3.76. The van der Waals surface area contributed by atoms with Crippen molar-refractivity contribution in [3.8, 4) is 0 Å². The Hall–Kier alpha value is -0.680. The zero-order valence-electron chi connectivity index (χ0n) is 11.2. The van der Waals surface area contributed by atoms with Gasteiger partial charge in [-0.25, -0.2) is 0 Å². The predicted molar refractivity (Wildman–Crippen MR) is 84.5 cm³/mol. The van der Waals surface area contributed by atoms with Gasteiger partial charge in [0, 0.05) is 30.0 Å². The lowest BCUT2D eigenvalue weighted by Gasteiger charge is -2.32. The quantitative estimate of drug-likeness (QED) is 0.866. The number of thiophene rings is 1. The molecule has 0 spiro atoms. The van der Waals surface area contributed by atoms with E-state index in [4.69, 9.17) is 5.73 Å². The lowest BCUT2D eigenvalue weighted by molar-refractivity contribution is 0.0972. The van der Waals surface area contributed by atoms with Gasteiger partial charge in [-0.15, -0.1) is 11.3 Å². The summed E-state index contributed by atoms with van der Waals surface area (Å²) in [7, 11) is 0. The smallest absolute Gasteiger partial charge is 0.178 e. The molecule has 2 N–H and O–H groups in total. The van der Waals surface area contributed by atoms with Crippen LogP contribution in [-0.4, -0.2) is 29.9 Å². The van der Waals surface area contributed by atoms with E-state index in [2.05, 4.69) is 23.6 Å². The van der Waals surface area contributed by atoms with Gasteiger partial charge in [0.1, 0.15) is 0 Å². The van der Waals surface area contributed by atoms with Crippen molar-refractivity contribution in [2.75, 3.05) is 29.5 Å². The van der Waals surface area contributed by atoms with Crippen molar-refractivity contribution in [2.45, 2.75) is 31.4 Å². The molecule has 1 saturated heterocycles. The molecule has 3 rings (SSSR count). The molecule has 1 aliphatic heterocycles. The molecule has 5 heteroatoms. The van der Waals surface area contributed by atoms with E-state index in [-0.39, 0.29) is 11.7 Å². The number of ketones is 1. The van der Waals surface area contributed by atoms with Crippen molar-refractivity contribution in [2.24, 2.45) is 5.92 Å². The standard InChI is InChI=1S/C14H20N2OS2/c1-2-10-8-16(5-6-18-10)12-7-11(15)14(19-12)13(17)9-3-4-9/h7,9-10H,2-6,8,15H2,1H3. The van der Waals surface area contributed by atoms with Gasteiger partial charge in [0.2, 0.25) is 0 Å². The number of nitrogens with zero attached hydrogens (tertiary/aromatic N) is 1. The normalized spacial score (nSPS) is 23.6. The minimum absolute atomic E-state index is 0.258. The maximum absolute atomic E-state index is 12.2. The second-order valence-electron chi connectivity index (χ2n) is 5.35. The highest BCUT2D eigenvalue weighted by molar-refractivity contribution is 8.00. The fourth-order valence-electron chi connectivity index (χ4n) is 2.44. The minimum atomic E-state index is 0.258. The molecule has 0 radical (unpaired) electrons. The maximum Gasteiger partial charge on any atom is 0.178 e. The first-order valence-corrected chi connectivity index (χ1v) is 8.85. The predicted octanol–water partition coefficient (Wildman–Crippen LogP) is 3.25. The first-order valence-electron chi connectivity index (χ1n) is 6.99. The monoisotopic (exact) mass is 296 g/mol. The molecule has 0 amide bonds. The number of carbonyl (C=O) groups excluding carboxylic acids is 1. The molecule has 2 fully saturated rings. The zero-order chi connectivity index (χ0) is 13.4. The highest BCUT2D eigenvalue weighted by atomic mass is 32.2. The molecule has 3 nitrogen and oxygen atoms in total. The van der Waals surface area contributed by atoms with Crippen LogP contribution in [0, 0.1) is 5.92 Å². The summed E-state index contributed by atoms with van der Waals surface area (Å²) in [6.07, 6.45) is 3.30. The summed E-state index contributed by atoms with van der Waals surface area (Å²) < 4.78 is 0. The van der Waals surface area contributed by atoms with Crippen LogP contribution in [0.1, 0.15) is 35.9 Å². The first-order chi connectivity index (χ1) is 9.19. The number of rotatable bonds is 4. The molecular weight excluding hydrogens is 276 g/mol. The lowest BCUT2D eigenvalue weighted by Crippen LogP contribution is -2.37. The van der Waals surface area contributed by atoms with Crippen molar-refractivity contribution in [1.82, 2.24) is 0 Å². The SMILES string of the molecule is CCC1CN(c2cc(N)c(C(=O)C3CC3)s2)CCS1. The third-order valence-corrected chi connectivity index (χ3v) is 6.42. The molecule has 1 unspecified atom stereocenters. The van der Waals surface area contributed by atoms with E-state index in [1.54, 1.807) is 11.3 Å². The van der Waals surface area contributed by atoms with Gasteiger partial charge >= 0.3 is 0 Å². The molecule has 0 bridgehead atoms. The van der Waals surface area contributed by atoms with E-state index in [0.717, 1.165) is 30.8 Å². The van der Waals surface area contributed by atoms with Crippen LogP contribution in [0.25, 0.3) is 0 Å². The molecule has 19 heavy (non-hydrogen) atoms. The molecule has 2 heterocycles. The zero-order valence-corrected chi connectivity index (χ0v) is 12.9. The summed E-state index contributed by atoms with van der Waals surface area (Å²) in [5, 5.41) is 1.89. The Morgan fingerprint density at radius 2 is 2.32 bits per heavy atom. The molecule has 1 aliphatic carbocycles. The van der Waals surface area contributed by atoms with Crippen molar-refractivity contribution in [1.29, 1.82) is 0 Å². The summed E-state index contributed by atoms with van der Waals surface area (Å²) in [5.41, 5.74) is 6.72. The molecule has 1 aromatic heterocycles. The summed E-state index contributed by atoms with van der Waals surface area (Å²) in [5.74, 6) is 1.70. The first kappa shape index (κ1) is 13.3. The fraction of sp³-hybridized carbons (Fsp3) is 0.643. The van der Waals surface area contributed by atoms with Crippen molar-refractivity contribution >= 4 is 39.6 Å². The van der Waals surface area contributed by atoms with Gasteiger partial charge in [0.15, 0.2) is 5.78 Å². The minimum Gasteiger partial charge on any atom is -0.397 e. The summed E-state index contributed by atoms with van der Waals surface area (Å²) in [6, 6.07) is 2.00. The highest BCUT2D eigenvalue weighted by Gasteiger charge is 2.33. The van der Waals surface area contributed by atoms with Crippen LogP contribution in [-0.2, 0) is 0 Å². The van der Waals surface area contributed by atoms with E-state index in [9.17, 15) is 4.79 Å². The van der Waals surface area contributed by atoms with E-state index >= 15 is 0 Å². The number of hydrogen-bond donors (Lipinski definition) is 1. The summed E-state index contributed by atoms with van der Waals surface area (Å²) >= 11 is 3.66. The van der Waals surface area contributed by atoms with Gasteiger partial charge in [-0.1, -0.05) is 6.92 Å². The average Bonchev–Trinajstić information content (AvgIpc) is 3.21.